The molecular formula is C44H73N3O6. The smallest absolute Gasteiger partial charge is 0.328 e. The Labute approximate surface area is 320 Å². The zero-order chi connectivity index (χ0) is 39.0. The van der Waals surface area contributed by atoms with E-state index >= 15 is 0 Å². The highest BCUT2D eigenvalue weighted by molar-refractivity contribution is 5.89. The number of carbonyl (C=O) groups is 4. The summed E-state index contributed by atoms with van der Waals surface area (Å²) in [6, 6.07) is -1.04. The number of rotatable bonds is 15. The summed E-state index contributed by atoms with van der Waals surface area (Å²) in [5.41, 5.74) is 6.76. The van der Waals surface area contributed by atoms with Crippen molar-refractivity contribution in [2.24, 2.45) is 62.4 Å². The lowest BCUT2D eigenvalue weighted by molar-refractivity contribution is -0.246. The number of aliphatic hydroxyl groups is 1. The van der Waals surface area contributed by atoms with Crippen molar-refractivity contribution in [3.8, 4) is 0 Å². The summed E-state index contributed by atoms with van der Waals surface area (Å²) in [6.07, 6.45) is 16.4. The van der Waals surface area contributed by atoms with Gasteiger partial charge in [-0.3, -0.25) is 14.4 Å². The van der Waals surface area contributed by atoms with Crippen LogP contribution in [0.15, 0.2) is 12.2 Å². The minimum Gasteiger partial charge on any atom is -0.467 e. The average molecular weight is 740 g/mol. The molecule has 0 bridgehead atoms. The summed E-state index contributed by atoms with van der Waals surface area (Å²) in [5.74, 6) is 1.12. The number of methoxy groups -OCH3 is 1. The van der Waals surface area contributed by atoms with Crippen LogP contribution in [0.1, 0.15) is 157 Å². The third-order valence-electron chi connectivity index (χ3n) is 16.8. The zero-order valence-electron chi connectivity index (χ0n) is 34.2. The Morgan fingerprint density at radius 1 is 0.830 bits per heavy atom. The van der Waals surface area contributed by atoms with Gasteiger partial charge in [-0.05, 0) is 135 Å². The molecule has 0 saturated heterocycles. The maximum absolute atomic E-state index is 14.4. The van der Waals surface area contributed by atoms with E-state index in [4.69, 9.17) is 5.73 Å². The van der Waals surface area contributed by atoms with Crippen molar-refractivity contribution in [2.45, 2.75) is 169 Å². The van der Waals surface area contributed by atoms with Crippen molar-refractivity contribution >= 4 is 23.7 Å². The number of ether oxygens (including phenoxy) is 1. The first-order valence-corrected chi connectivity index (χ1v) is 21.2. The van der Waals surface area contributed by atoms with E-state index in [1.807, 2.05) is 0 Å². The van der Waals surface area contributed by atoms with Crippen LogP contribution in [0.5, 0.6) is 0 Å². The number of carbonyl (C=O) groups excluding carboxylic acids is 4. The van der Waals surface area contributed by atoms with E-state index in [1.54, 1.807) is 0 Å². The first-order valence-electron chi connectivity index (χ1n) is 21.2. The van der Waals surface area contributed by atoms with Crippen molar-refractivity contribution < 1.29 is 29.0 Å². The molecule has 0 unspecified atom stereocenters. The number of unbranched alkanes of at least 4 members (excludes halogenated alkanes) is 5. The molecule has 0 heterocycles. The van der Waals surface area contributed by atoms with Crippen LogP contribution >= 0.6 is 0 Å². The average Bonchev–Trinajstić information content (AvgIpc) is 3.50. The van der Waals surface area contributed by atoms with E-state index in [2.05, 4.69) is 63.5 Å². The number of hydrogen-bond acceptors (Lipinski definition) is 6. The number of allylic oxidation sites excluding steroid dienone is 1. The van der Waals surface area contributed by atoms with E-state index in [0.717, 1.165) is 70.6 Å². The molecule has 9 heteroatoms. The maximum atomic E-state index is 14.4. The van der Waals surface area contributed by atoms with Crippen molar-refractivity contribution in [3.05, 3.63) is 12.2 Å². The van der Waals surface area contributed by atoms with Crippen LogP contribution in [0.2, 0.25) is 0 Å². The number of nitrogens with one attached hydrogen (secondary N) is 2. The third-order valence-corrected chi connectivity index (χ3v) is 16.8. The van der Waals surface area contributed by atoms with Crippen LogP contribution in [0.25, 0.3) is 0 Å². The molecular weight excluding hydrogens is 666 g/mol. The van der Waals surface area contributed by atoms with Gasteiger partial charge in [0.05, 0.1) is 25.0 Å². The van der Waals surface area contributed by atoms with Crippen LogP contribution in [-0.2, 0) is 23.9 Å². The largest absolute Gasteiger partial charge is 0.467 e. The Balaban J connectivity index is 1.14. The van der Waals surface area contributed by atoms with Gasteiger partial charge in [-0.1, -0.05) is 72.5 Å². The predicted molar refractivity (Wildman–Crippen MR) is 208 cm³/mol. The Hall–Kier alpha value is -2.42. The highest BCUT2D eigenvalue weighted by Crippen LogP contribution is 2.77. The minimum atomic E-state index is -1.04. The summed E-state index contributed by atoms with van der Waals surface area (Å²) in [5, 5.41) is 17.1. The van der Waals surface area contributed by atoms with Gasteiger partial charge in [-0.2, -0.15) is 0 Å². The highest BCUT2D eigenvalue weighted by Gasteiger charge is 2.71. The van der Waals surface area contributed by atoms with Gasteiger partial charge >= 0.3 is 5.97 Å². The zero-order valence-corrected chi connectivity index (χ0v) is 34.2. The Morgan fingerprint density at radius 2 is 1.51 bits per heavy atom. The van der Waals surface area contributed by atoms with Crippen molar-refractivity contribution in [2.75, 3.05) is 13.7 Å². The number of nitrogens with two attached hydrogens (primary N) is 1. The van der Waals surface area contributed by atoms with Gasteiger partial charge in [0.2, 0.25) is 17.7 Å². The van der Waals surface area contributed by atoms with Crippen LogP contribution in [0, 0.1) is 56.7 Å². The molecule has 0 spiro atoms. The van der Waals surface area contributed by atoms with Gasteiger partial charge in [0.15, 0.2) is 0 Å². The monoisotopic (exact) mass is 740 g/mol. The van der Waals surface area contributed by atoms with Crippen LogP contribution < -0.4 is 16.4 Å². The predicted octanol–water partition coefficient (Wildman–Crippen LogP) is 7.39. The summed E-state index contributed by atoms with van der Waals surface area (Å²) in [7, 11) is 1.21. The highest BCUT2D eigenvalue weighted by atomic mass is 16.5. The van der Waals surface area contributed by atoms with Crippen LogP contribution in [0.3, 0.4) is 0 Å². The molecule has 300 valence electrons. The first kappa shape index (κ1) is 41.7. The molecule has 5 N–H and O–H groups in total. The van der Waals surface area contributed by atoms with Crippen molar-refractivity contribution in [1.82, 2.24) is 10.6 Å². The quantitative estimate of drug-likeness (QED) is 0.0783. The van der Waals surface area contributed by atoms with Crippen LogP contribution in [-0.4, -0.2) is 54.6 Å². The Kier molecular flexibility index (Phi) is 12.6. The standard InChI is InChI=1S/C44H73N3O6/c1-28(2)29-18-23-44(39(52)46-26-14-12-10-9-11-13-15-36(50)47-31(27-35(45)49)38(51)53-8)25-24-42(6)30(37(29)44)16-17-33-41(5)21-20-34(48)40(3,4)32(41)19-22-43(33,42)7/h29-34,37,48H,1,9-27H2,2-8H3,(H2,45,49)(H,46,52)(H,47,50)/t29-,30+,31-,32-,33+,34-,37+,41-,42+,43+,44-/m0/s1. The maximum Gasteiger partial charge on any atom is 0.328 e. The number of hydrogen-bond donors (Lipinski definition) is 4. The topological polar surface area (TPSA) is 148 Å². The van der Waals surface area contributed by atoms with Gasteiger partial charge in [-0.25, -0.2) is 4.79 Å². The van der Waals surface area contributed by atoms with E-state index in [1.165, 1.54) is 38.4 Å². The Bertz CT molecular complexity index is 1400. The lowest BCUT2D eigenvalue weighted by Gasteiger charge is -2.72. The second-order valence-electron chi connectivity index (χ2n) is 19.7. The third kappa shape index (κ3) is 7.47. The molecule has 5 aliphatic rings. The summed E-state index contributed by atoms with van der Waals surface area (Å²) < 4.78 is 4.66. The summed E-state index contributed by atoms with van der Waals surface area (Å²) >= 11 is 0. The van der Waals surface area contributed by atoms with E-state index in [0.29, 0.717) is 42.6 Å². The molecule has 0 aliphatic heterocycles. The van der Waals surface area contributed by atoms with Gasteiger partial charge in [0.25, 0.3) is 0 Å². The molecule has 5 aliphatic carbocycles. The summed E-state index contributed by atoms with van der Waals surface area (Å²) in [4.78, 5) is 49.8. The number of aliphatic hydroxyl groups excluding tert-OH is 1. The second kappa shape index (κ2) is 16.0. The molecule has 3 amide bonds. The van der Waals surface area contributed by atoms with E-state index in [9.17, 15) is 24.3 Å². The molecule has 53 heavy (non-hydrogen) atoms. The molecule has 0 aromatic carbocycles. The molecule has 0 aromatic heterocycles. The van der Waals surface area contributed by atoms with Gasteiger partial charge in [0, 0.05) is 13.0 Å². The fourth-order valence-corrected chi connectivity index (χ4v) is 13.8. The summed E-state index contributed by atoms with van der Waals surface area (Å²) in [6.45, 7) is 19.9. The lowest BCUT2D eigenvalue weighted by Crippen LogP contribution is -2.67. The molecule has 0 aromatic rings. The fraction of sp³-hybridized carbons (Fsp3) is 0.864. The molecule has 11 atom stereocenters. The minimum absolute atomic E-state index is 0.0480. The Morgan fingerprint density at radius 3 is 2.17 bits per heavy atom. The fourth-order valence-electron chi connectivity index (χ4n) is 13.8. The number of amides is 3. The second-order valence-corrected chi connectivity index (χ2v) is 19.7. The van der Waals surface area contributed by atoms with Crippen LogP contribution in [0.4, 0.5) is 0 Å². The first-order chi connectivity index (χ1) is 24.9. The SMILES string of the molecule is C=C(C)[C@@H]1CC[C@]2(C(=O)NCCCCCCCCC(=O)N[C@@H](CC(N)=O)C(=O)OC)CC[C@]3(C)[C@H](CC[C@@H]4[C@@]5(C)CC[C@H](O)C(C)(C)[C@@H]5CC[C@]43C)[C@@H]12. The van der Waals surface area contributed by atoms with E-state index in [-0.39, 0.29) is 57.8 Å². The lowest BCUT2D eigenvalue weighted by atomic mass is 9.32. The normalized spacial score (nSPS) is 38.9. The van der Waals surface area contributed by atoms with Gasteiger partial charge in [0.1, 0.15) is 6.04 Å². The van der Waals surface area contributed by atoms with Gasteiger partial charge < -0.3 is 26.2 Å². The van der Waals surface area contributed by atoms with Gasteiger partial charge in [-0.15, -0.1) is 0 Å². The number of primary amides is 1. The number of fused-ring (bicyclic) bond motifs is 7. The molecule has 0 radical (unpaired) electrons. The van der Waals surface area contributed by atoms with Crippen molar-refractivity contribution in [3.63, 3.8) is 0 Å². The van der Waals surface area contributed by atoms with Crippen molar-refractivity contribution in [1.29, 1.82) is 0 Å². The molecule has 5 fully saturated rings. The molecule has 9 nitrogen and oxygen atoms in total. The molecule has 5 saturated carbocycles. The molecule has 5 rings (SSSR count). The number of esters is 1. The van der Waals surface area contributed by atoms with E-state index < -0.39 is 17.9 Å².